The minimum Gasteiger partial charge on any atom is -0.371 e. The summed E-state index contributed by atoms with van der Waals surface area (Å²) in [7, 11) is 1.62. The van der Waals surface area contributed by atoms with E-state index in [1.165, 1.54) is 5.56 Å². The molecule has 1 aromatic carbocycles. The molecule has 5 heteroatoms. The van der Waals surface area contributed by atoms with E-state index in [1.54, 1.807) is 7.11 Å². The molecule has 0 bridgehead atoms. The van der Waals surface area contributed by atoms with E-state index < -0.39 is 5.60 Å². The van der Waals surface area contributed by atoms with E-state index in [4.69, 9.17) is 15.0 Å². The molecule has 0 unspecified atom stereocenters. The highest BCUT2D eigenvalue weighted by atomic mass is 16.5. The summed E-state index contributed by atoms with van der Waals surface area (Å²) in [5.74, 6) is 1.04. The number of nitrogens with zero attached hydrogens (tertiary/aromatic N) is 2. The zero-order valence-electron chi connectivity index (χ0n) is 11.5. The number of nitrogens with two attached hydrogens (primary N) is 1. The van der Waals surface area contributed by atoms with Crippen molar-refractivity contribution in [3.63, 3.8) is 0 Å². The van der Waals surface area contributed by atoms with Gasteiger partial charge in [0, 0.05) is 12.7 Å². The summed E-state index contributed by atoms with van der Waals surface area (Å²) in [5, 5.41) is 3.96. The summed E-state index contributed by atoms with van der Waals surface area (Å²) in [4.78, 5) is 4.37. The summed E-state index contributed by atoms with van der Waals surface area (Å²) < 4.78 is 10.6. The lowest BCUT2D eigenvalue weighted by Gasteiger charge is -2.17. The molecule has 0 saturated carbocycles. The van der Waals surface area contributed by atoms with Gasteiger partial charge >= 0.3 is 0 Å². The molecule has 2 aromatic rings. The lowest BCUT2D eigenvalue weighted by molar-refractivity contribution is 0.00973. The molecule has 0 spiro atoms. The number of hydrogen-bond donors (Lipinski definition) is 1. The molecule has 0 radical (unpaired) electrons. The highest BCUT2D eigenvalue weighted by Crippen LogP contribution is 2.24. The maximum Gasteiger partial charge on any atom is 0.258 e. The average Bonchev–Trinajstić information content (AvgIpc) is 2.90. The van der Waals surface area contributed by atoms with Gasteiger partial charge in [-0.25, -0.2) is 0 Å². The van der Waals surface area contributed by atoms with Crippen molar-refractivity contribution < 1.29 is 9.26 Å². The fourth-order valence-electron chi connectivity index (χ4n) is 1.66. The van der Waals surface area contributed by atoms with Crippen molar-refractivity contribution in [2.45, 2.75) is 25.9 Å². The Morgan fingerprint density at radius 1 is 1.26 bits per heavy atom. The normalized spacial score (nSPS) is 11.8. The topological polar surface area (TPSA) is 74.2 Å². The summed E-state index contributed by atoms with van der Waals surface area (Å²) in [5.41, 5.74) is 7.06. The SMILES string of the molecule is COC(C)(C)c1noc(-c2ccc(CCN)cc2)n1. The highest BCUT2D eigenvalue weighted by Gasteiger charge is 2.26. The molecule has 5 nitrogen and oxygen atoms in total. The van der Waals surface area contributed by atoms with Gasteiger partial charge in [0.15, 0.2) is 0 Å². The van der Waals surface area contributed by atoms with Crippen LogP contribution in [0.4, 0.5) is 0 Å². The first-order valence-electron chi connectivity index (χ1n) is 6.25. The fourth-order valence-corrected chi connectivity index (χ4v) is 1.66. The largest absolute Gasteiger partial charge is 0.371 e. The van der Waals surface area contributed by atoms with Crippen molar-refractivity contribution in [2.75, 3.05) is 13.7 Å². The van der Waals surface area contributed by atoms with Gasteiger partial charge in [0.1, 0.15) is 5.60 Å². The van der Waals surface area contributed by atoms with Crippen LogP contribution in [-0.2, 0) is 16.8 Å². The minimum absolute atomic E-state index is 0.499. The molecular formula is C14H19N3O2. The minimum atomic E-state index is -0.554. The standard InChI is InChI=1S/C14H19N3O2/c1-14(2,18-3)13-16-12(19-17-13)11-6-4-10(5-7-11)8-9-15/h4-7H,8-9,15H2,1-3H3. The maximum atomic E-state index is 5.52. The molecule has 1 heterocycles. The van der Waals surface area contributed by atoms with Gasteiger partial charge < -0.3 is 15.0 Å². The molecule has 0 saturated heterocycles. The Hall–Kier alpha value is -1.72. The number of methoxy groups -OCH3 is 1. The van der Waals surface area contributed by atoms with E-state index in [0.717, 1.165) is 12.0 Å². The molecule has 19 heavy (non-hydrogen) atoms. The van der Waals surface area contributed by atoms with E-state index >= 15 is 0 Å². The second-order valence-corrected chi connectivity index (χ2v) is 4.87. The Morgan fingerprint density at radius 2 is 1.95 bits per heavy atom. The zero-order chi connectivity index (χ0) is 13.9. The third-order valence-corrected chi connectivity index (χ3v) is 3.11. The van der Waals surface area contributed by atoms with Crippen molar-refractivity contribution in [1.82, 2.24) is 10.1 Å². The molecule has 1 aromatic heterocycles. The monoisotopic (exact) mass is 261 g/mol. The summed E-state index contributed by atoms with van der Waals surface area (Å²) in [6.45, 7) is 4.43. The van der Waals surface area contributed by atoms with Crippen LogP contribution >= 0.6 is 0 Å². The lowest BCUT2D eigenvalue weighted by atomic mass is 10.1. The van der Waals surface area contributed by atoms with Gasteiger partial charge in [0.2, 0.25) is 5.82 Å². The first kappa shape index (κ1) is 13.7. The molecule has 0 fully saturated rings. The number of ether oxygens (including phenoxy) is 1. The van der Waals surface area contributed by atoms with Crippen LogP contribution in [-0.4, -0.2) is 23.8 Å². The van der Waals surface area contributed by atoms with Gasteiger partial charge in [-0.3, -0.25) is 0 Å². The van der Waals surface area contributed by atoms with Crippen molar-refractivity contribution in [2.24, 2.45) is 5.73 Å². The molecule has 0 atom stereocenters. The molecule has 0 aliphatic carbocycles. The van der Waals surface area contributed by atoms with Gasteiger partial charge in [-0.2, -0.15) is 4.98 Å². The smallest absolute Gasteiger partial charge is 0.258 e. The van der Waals surface area contributed by atoms with Gasteiger partial charge in [-0.1, -0.05) is 17.3 Å². The van der Waals surface area contributed by atoms with E-state index in [1.807, 2.05) is 38.1 Å². The van der Waals surface area contributed by atoms with Crippen molar-refractivity contribution in [1.29, 1.82) is 0 Å². The van der Waals surface area contributed by atoms with Crippen LogP contribution in [0.15, 0.2) is 28.8 Å². The van der Waals surface area contributed by atoms with Gasteiger partial charge in [0.25, 0.3) is 5.89 Å². The van der Waals surface area contributed by atoms with Crippen LogP contribution in [0.25, 0.3) is 11.5 Å². The molecule has 102 valence electrons. The average molecular weight is 261 g/mol. The lowest BCUT2D eigenvalue weighted by Crippen LogP contribution is -2.21. The number of benzene rings is 1. The highest BCUT2D eigenvalue weighted by molar-refractivity contribution is 5.53. The first-order valence-corrected chi connectivity index (χ1v) is 6.25. The van der Waals surface area contributed by atoms with Gasteiger partial charge in [0.05, 0.1) is 0 Å². The molecule has 2 rings (SSSR count). The van der Waals surface area contributed by atoms with Crippen LogP contribution in [0.1, 0.15) is 25.2 Å². The second kappa shape index (κ2) is 5.50. The zero-order valence-corrected chi connectivity index (χ0v) is 11.5. The summed E-state index contributed by atoms with van der Waals surface area (Å²) in [6, 6.07) is 7.96. The fraction of sp³-hybridized carbons (Fsp3) is 0.429. The third-order valence-electron chi connectivity index (χ3n) is 3.11. The van der Waals surface area contributed by atoms with E-state index in [9.17, 15) is 0 Å². The summed E-state index contributed by atoms with van der Waals surface area (Å²) >= 11 is 0. The predicted molar refractivity (Wildman–Crippen MR) is 72.5 cm³/mol. The molecular weight excluding hydrogens is 242 g/mol. The number of aromatic nitrogens is 2. The Morgan fingerprint density at radius 3 is 2.53 bits per heavy atom. The van der Waals surface area contributed by atoms with E-state index in [0.29, 0.717) is 18.3 Å². The third kappa shape index (κ3) is 3.00. The predicted octanol–water partition coefficient (Wildman–Crippen LogP) is 2.12. The van der Waals surface area contributed by atoms with Crippen LogP contribution in [0, 0.1) is 0 Å². The van der Waals surface area contributed by atoms with Crippen LogP contribution in [0.2, 0.25) is 0 Å². The van der Waals surface area contributed by atoms with Crippen LogP contribution in [0.5, 0.6) is 0 Å². The number of hydrogen-bond acceptors (Lipinski definition) is 5. The summed E-state index contributed by atoms with van der Waals surface area (Å²) in [6.07, 6.45) is 0.867. The van der Waals surface area contributed by atoms with Gasteiger partial charge in [-0.05, 0) is 44.5 Å². The Kier molecular flexibility index (Phi) is 3.97. The number of rotatable bonds is 5. The molecule has 0 amide bonds. The molecule has 0 aliphatic heterocycles. The van der Waals surface area contributed by atoms with E-state index in [2.05, 4.69) is 10.1 Å². The van der Waals surface area contributed by atoms with Crippen molar-refractivity contribution in [3.8, 4) is 11.5 Å². The molecule has 0 aliphatic rings. The Labute approximate surface area is 112 Å². The Balaban J connectivity index is 2.23. The van der Waals surface area contributed by atoms with Crippen LogP contribution < -0.4 is 5.73 Å². The van der Waals surface area contributed by atoms with Crippen molar-refractivity contribution >= 4 is 0 Å². The van der Waals surface area contributed by atoms with Crippen LogP contribution in [0.3, 0.4) is 0 Å². The maximum absolute atomic E-state index is 5.52. The Bertz CT molecular complexity index is 532. The quantitative estimate of drug-likeness (QED) is 0.892. The van der Waals surface area contributed by atoms with E-state index in [-0.39, 0.29) is 0 Å². The van der Waals surface area contributed by atoms with Gasteiger partial charge in [-0.15, -0.1) is 0 Å². The molecule has 2 N–H and O–H groups in total. The van der Waals surface area contributed by atoms with Crippen molar-refractivity contribution in [3.05, 3.63) is 35.7 Å². The first-order chi connectivity index (χ1) is 9.06. The second-order valence-electron chi connectivity index (χ2n) is 4.87.